The van der Waals surface area contributed by atoms with Gasteiger partial charge >= 0.3 is 0 Å². The van der Waals surface area contributed by atoms with Crippen molar-refractivity contribution < 1.29 is 28.1 Å². The minimum atomic E-state index is -4.26. The lowest BCUT2D eigenvalue weighted by atomic mass is 10.0. The van der Waals surface area contributed by atoms with E-state index >= 15 is 0 Å². The van der Waals surface area contributed by atoms with E-state index in [1.807, 2.05) is 0 Å². The molecule has 31 heavy (non-hydrogen) atoms. The normalized spacial score (nSPS) is 20.9. The van der Waals surface area contributed by atoms with Crippen LogP contribution in [0.3, 0.4) is 0 Å². The van der Waals surface area contributed by atoms with Crippen molar-refractivity contribution >= 4 is 19.5 Å². The van der Waals surface area contributed by atoms with E-state index in [1.54, 1.807) is 4.90 Å². The highest BCUT2D eigenvalue weighted by atomic mass is 31.2. The second kappa shape index (κ2) is 15.2. The number of carbonyl (C=O) groups is 2. The molecule has 182 valence electrons. The summed E-state index contributed by atoms with van der Waals surface area (Å²) in [6.45, 7) is 6.85. The maximum Gasteiger partial charge on any atom is 0.267 e. The third-order valence-corrected chi connectivity index (χ3v) is 6.74. The zero-order chi connectivity index (χ0) is 23.3. The van der Waals surface area contributed by atoms with Gasteiger partial charge in [0.15, 0.2) is 0 Å². The van der Waals surface area contributed by atoms with Crippen LogP contribution in [0, 0.1) is 11.8 Å². The molecular weight excluding hydrogens is 417 g/mol. The molecule has 1 heterocycles. The van der Waals surface area contributed by atoms with E-state index < -0.39 is 7.82 Å². The molecule has 0 radical (unpaired) electrons. The van der Waals surface area contributed by atoms with Crippen LogP contribution in [0.4, 0.5) is 0 Å². The first-order valence-corrected chi connectivity index (χ1v) is 13.4. The fraction of sp³-hybridized carbons (Fsp3) is 0.913. The highest BCUT2D eigenvalue weighted by Crippen LogP contribution is 2.38. The van der Waals surface area contributed by atoms with E-state index in [2.05, 4.69) is 25.3 Å². The largest absolute Gasteiger partial charge is 0.756 e. The van der Waals surface area contributed by atoms with Crippen LogP contribution in [0.2, 0.25) is 0 Å². The van der Waals surface area contributed by atoms with Gasteiger partial charge in [0.25, 0.3) is 7.82 Å². The van der Waals surface area contributed by atoms with Crippen LogP contribution >= 0.6 is 7.82 Å². The van der Waals surface area contributed by atoms with Crippen molar-refractivity contribution in [2.24, 2.45) is 11.8 Å². The summed E-state index contributed by atoms with van der Waals surface area (Å²) in [6.07, 6.45) is 11.3. The van der Waals surface area contributed by atoms with Crippen molar-refractivity contribution in [3.8, 4) is 0 Å². The molecule has 3 atom stereocenters. The molecule has 0 spiro atoms. The highest BCUT2D eigenvalue weighted by molar-refractivity contribution is 7.45. The fourth-order valence-corrected chi connectivity index (χ4v) is 4.66. The minimum absolute atomic E-state index is 0.0340. The summed E-state index contributed by atoms with van der Waals surface area (Å²) in [5.41, 5.74) is 0. The first-order chi connectivity index (χ1) is 14.6. The Labute approximate surface area is 188 Å². The summed E-state index contributed by atoms with van der Waals surface area (Å²) in [6, 6.07) is -0.202. The number of nitrogens with zero attached hydrogens (tertiary/aromatic N) is 1. The number of rotatable bonds is 17. The van der Waals surface area contributed by atoms with Crippen LogP contribution < -0.4 is 4.89 Å². The van der Waals surface area contributed by atoms with E-state index in [0.29, 0.717) is 37.0 Å². The monoisotopic (exact) mass is 460 g/mol. The lowest BCUT2D eigenvalue weighted by Gasteiger charge is -2.28. The van der Waals surface area contributed by atoms with Crippen LogP contribution in [-0.4, -0.2) is 42.9 Å². The molecular formula is C23H43NO6P-. The molecule has 0 aromatic carbocycles. The lowest BCUT2D eigenvalue weighted by Crippen LogP contribution is -2.38. The van der Waals surface area contributed by atoms with E-state index in [0.717, 1.165) is 52.1 Å². The summed E-state index contributed by atoms with van der Waals surface area (Å²) in [7, 11) is -3.19. The van der Waals surface area contributed by atoms with Crippen molar-refractivity contribution in [1.82, 2.24) is 4.90 Å². The zero-order valence-electron chi connectivity index (χ0n) is 20.0. The fourth-order valence-electron chi connectivity index (χ4n) is 4.20. The van der Waals surface area contributed by atoms with Gasteiger partial charge in [0.1, 0.15) is 5.78 Å². The SMILES string of the molecule is COP(=O)([O-])OC[C@@H]1C[C@@H](C)CN1C(=O)CCCCCCCCCCC(=O)CC(C)C. The van der Waals surface area contributed by atoms with Crippen molar-refractivity contribution in [3.63, 3.8) is 0 Å². The number of hydrogen-bond donors (Lipinski definition) is 0. The Hall–Kier alpha value is -0.750. The van der Waals surface area contributed by atoms with Gasteiger partial charge in [-0.25, -0.2) is 0 Å². The number of phosphoric ester groups is 1. The van der Waals surface area contributed by atoms with Gasteiger partial charge in [0.2, 0.25) is 5.91 Å². The molecule has 1 aliphatic heterocycles. The maximum atomic E-state index is 12.6. The molecule has 0 aliphatic carbocycles. The second-order valence-electron chi connectivity index (χ2n) is 9.43. The molecule has 1 fully saturated rings. The molecule has 8 heteroatoms. The number of amides is 1. The highest BCUT2D eigenvalue weighted by Gasteiger charge is 2.33. The lowest BCUT2D eigenvalue weighted by molar-refractivity contribution is -0.224. The van der Waals surface area contributed by atoms with Crippen LogP contribution in [0.1, 0.15) is 97.8 Å². The van der Waals surface area contributed by atoms with E-state index in [1.165, 1.54) is 19.3 Å². The average molecular weight is 461 g/mol. The Balaban J connectivity index is 2.10. The summed E-state index contributed by atoms with van der Waals surface area (Å²) in [5.74, 6) is 1.27. The van der Waals surface area contributed by atoms with Gasteiger partial charge in [-0.15, -0.1) is 0 Å². The molecule has 1 aliphatic rings. The summed E-state index contributed by atoms with van der Waals surface area (Å²) < 4.78 is 20.6. The third kappa shape index (κ3) is 12.8. The minimum Gasteiger partial charge on any atom is -0.756 e. The van der Waals surface area contributed by atoms with E-state index in [-0.39, 0.29) is 18.6 Å². The van der Waals surface area contributed by atoms with E-state index in [4.69, 9.17) is 4.52 Å². The van der Waals surface area contributed by atoms with Gasteiger partial charge in [-0.2, -0.15) is 0 Å². The maximum absolute atomic E-state index is 12.6. The molecule has 1 amide bonds. The Morgan fingerprint density at radius 1 is 1.03 bits per heavy atom. The van der Waals surface area contributed by atoms with Crippen molar-refractivity contribution in [2.45, 2.75) is 104 Å². The first-order valence-electron chi connectivity index (χ1n) is 12.0. The predicted molar refractivity (Wildman–Crippen MR) is 120 cm³/mol. The van der Waals surface area contributed by atoms with Gasteiger partial charge in [-0.05, 0) is 31.1 Å². The topological polar surface area (TPSA) is 96.0 Å². The van der Waals surface area contributed by atoms with Gasteiger partial charge in [0, 0.05) is 32.9 Å². The zero-order valence-corrected chi connectivity index (χ0v) is 20.9. The van der Waals surface area contributed by atoms with Crippen LogP contribution in [0.5, 0.6) is 0 Å². The van der Waals surface area contributed by atoms with Crippen molar-refractivity contribution in [3.05, 3.63) is 0 Å². The molecule has 1 saturated heterocycles. The summed E-state index contributed by atoms with van der Waals surface area (Å²) in [5, 5.41) is 0. The number of hydrogen-bond acceptors (Lipinski definition) is 6. The van der Waals surface area contributed by atoms with Gasteiger partial charge in [-0.3, -0.25) is 14.2 Å². The average Bonchev–Trinajstić information content (AvgIpc) is 3.08. The predicted octanol–water partition coefficient (Wildman–Crippen LogP) is 4.87. The van der Waals surface area contributed by atoms with E-state index in [9.17, 15) is 19.0 Å². The number of ketones is 1. The second-order valence-corrected chi connectivity index (χ2v) is 10.9. The molecule has 7 nitrogen and oxygen atoms in total. The molecule has 0 aromatic heterocycles. The Kier molecular flexibility index (Phi) is 13.8. The number of likely N-dealkylation sites (tertiary alicyclic amines) is 1. The van der Waals surface area contributed by atoms with Crippen molar-refractivity contribution in [1.29, 1.82) is 0 Å². The molecule has 0 bridgehead atoms. The smallest absolute Gasteiger partial charge is 0.267 e. The number of carbonyl (C=O) groups excluding carboxylic acids is 2. The molecule has 1 unspecified atom stereocenters. The van der Waals surface area contributed by atoms with Gasteiger partial charge < -0.3 is 18.8 Å². The standard InChI is InChI=1S/C23H44NO6P/c1-19(2)15-22(25)13-11-9-7-5-6-8-10-12-14-23(26)24-17-20(3)16-21(24)18-30-31(27,28)29-4/h19-21H,5-18H2,1-4H3,(H,27,28)/p-1/t20-,21+/m1/s1. The van der Waals surface area contributed by atoms with Gasteiger partial charge in [0.05, 0.1) is 12.6 Å². The number of Topliss-reactive ketones (excluding diaryl/α,β-unsaturated/α-hetero) is 1. The Bertz CT molecular complexity index is 582. The molecule has 1 rings (SSSR count). The molecule has 0 aromatic rings. The van der Waals surface area contributed by atoms with Crippen LogP contribution in [-0.2, 0) is 23.2 Å². The first kappa shape index (κ1) is 28.3. The summed E-state index contributed by atoms with van der Waals surface area (Å²) in [4.78, 5) is 37.4. The summed E-state index contributed by atoms with van der Waals surface area (Å²) >= 11 is 0. The van der Waals surface area contributed by atoms with Gasteiger partial charge in [-0.1, -0.05) is 59.3 Å². The molecule has 0 N–H and O–H groups in total. The van der Waals surface area contributed by atoms with Crippen LogP contribution in [0.25, 0.3) is 0 Å². The van der Waals surface area contributed by atoms with Crippen molar-refractivity contribution in [2.75, 3.05) is 20.3 Å². The number of phosphoric acid groups is 1. The Morgan fingerprint density at radius 3 is 2.13 bits per heavy atom. The van der Waals surface area contributed by atoms with Crippen LogP contribution in [0.15, 0.2) is 0 Å². The molecule has 0 saturated carbocycles. The Morgan fingerprint density at radius 2 is 1.58 bits per heavy atom. The number of unbranched alkanes of at least 4 members (excludes halogenated alkanes) is 7. The third-order valence-electron chi connectivity index (χ3n) is 5.82. The quantitative estimate of drug-likeness (QED) is 0.227.